The standard InChI is InChI=1S/C23H21N3O4/c1-16-23(28)26(13-14-29-19-5-3-2-4-6-19)20-15-18(7-8-21(20)30-16)25-22(27)17-9-11-24-12-10-17/h2-12,15-16H,13-14H2,1H3,(H,25,27). The first-order valence-electron chi connectivity index (χ1n) is 9.63. The molecule has 30 heavy (non-hydrogen) atoms. The number of hydrogen-bond acceptors (Lipinski definition) is 5. The van der Waals surface area contributed by atoms with E-state index in [1.807, 2.05) is 30.3 Å². The highest BCUT2D eigenvalue weighted by molar-refractivity contribution is 6.05. The van der Waals surface area contributed by atoms with Crippen LogP contribution in [0.2, 0.25) is 0 Å². The summed E-state index contributed by atoms with van der Waals surface area (Å²) >= 11 is 0. The lowest BCUT2D eigenvalue weighted by Gasteiger charge is -2.33. The van der Waals surface area contributed by atoms with E-state index in [4.69, 9.17) is 9.47 Å². The smallest absolute Gasteiger partial charge is 0.267 e. The molecule has 0 saturated heterocycles. The monoisotopic (exact) mass is 403 g/mol. The number of para-hydroxylation sites is 1. The lowest BCUT2D eigenvalue weighted by Crippen LogP contribution is -2.46. The Kier molecular flexibility index (Phi) is 5.61. The predicted molar refractivity (Wildman–Crippen MR) is 113 cm³/mol. The van der Waals surface area contributed by atoms with Gasteiger partial charge in [-0.15, -0.1) is 0 Å². The number of anilines is 2. The molecule has 0 bridgehead atoms. The van der Waals surface area contributed by atoms with Crippen LogP contribution in [0.15, 0.2) is 73.1 Å². The quantitative estimate of drug-likeness (QED) is 0.681. The number of benzene rings is 2. The first kappa shape index (κ1) is 19.4. The van der Waals surface area contributed by atoms with Crippen LogP contribution in [0.5, 0.6) is 11.5 Å². The molecule has 0 aliphatic carbocycles. The number of fused-ring (bicyclic) bond motifs is 1. The highest BCUT2D eigenvalue weighted by atomic mass is 16.5. The Balaban J connectivity index is 1.51. The summed E-state index contributed by atoms with van der Waals surface area (Å²) in [7, 11) is 0. The molecule has 0 fully saturated rings. The number of nitrogens with zero attached hydrogens (tertiary/aromatic N) is 2. The maximum atomic E-state index is 12.7. The van der Waals surface area contributed by atoms with Crippen molar-refractivity contribution < 1.29 is 19.1 Å². The minimum Gasteiger partial charge on any atom is -0.492 e. The van der Waals surface area contributed by atoms with Gasteiger partial charge >= 0.3 is 0 Å². The van der Waals surface area contributed by atoms with Gasteiger partial charge in [0.05, 0.1) is 12.2 Å². The fraction of sp³-hybridized carbons (Fsp3) is 0.174. The molecule has 2 aromatic carbocycles. The van der Waals surface area contributed by atoms with Crippen LogP contribution in [0.25, 0.3) is 0 Å². The Bertz CT molecular complexity index is 1040. The molecule has 0 spiro atoms. The van der Waals surface area contributed by atoms with E-state index < -0.39 is 6.10 Å². The van der Waals surface area contributed by atoms with Gasteiger partial charge < -0.3 is 19.7 Å². The molecule has 0 saturated carbocycles. The average Bonchev–Trinajstić information content (AvgIpc) is 2.78. The molecular weight excluding hydrogens is 382 g/mol. The van der Waals surface area contributed by atoms with E-state index in [1.54, 1.807) is 54.5 Å². The second-order valence-corrected chi connectivity index (χ2v) is 6.78. The maximum absolute atomic E-state index is 12.7. The van der Waals surface area contributed by atoms with Gasteiger partial charge in [0, 0.05) is 23.6 Å². The van der Waals surface area contributed by atoms with Crippen LogP contribution in [0.3, 0.4) is 0 Å². The number of rotatable bonds is 6. The van der Waals surface area contributed by atoms with Crippen LogP contribution in [-0.4, -0.2) is 36.1 Å². The molecule has 1 N–H and O–H groups in total. The Morgan fingerprint density at radius 3 is 2.67 bits per heavy atom. The molecule has 7 heteroatoms. The molecule has 0 radical (unpaired) electrons. The number of ether oxygens (including phenoxy) is 2. The van der Waals surface area contributed by atoms with E-state index in [0.29, 0.717) is 35.8 Å². The van der Waals surface area contributed by atoms with E-state index in [1.165, 1.54) is 0 Å². The molecule has 7 nitrogen and oxygen atoms in total. The number of carbonyl (C=O) groups is 2. The summed E-state index contributed by atoms with van der Waals surface area (Å²) < 4.78 is 11.5. The lowest BCUT2D eigenvalue weighted by molar-refractivity contribution is -0.125. The molecular formula is C23H21N3O4. The highest BCUT2D eigenvalue weighted by Crippen LogP contribution is 2.36. The van der Waals surface area contributed by atoms with Crippen molar-refractivity contribution in [2.24, 2.45) is 0 Å². The fourth-order valence-corrected chi connectivity index (χ4v) is 3.19. The predicted octanol–water partition coefficient (Wildman–Crippen LogP) is 3.53. The zero-order valence-corrected chi connectivity index (χ0v) is 16.4. The van der Waals surface area contributed by atoms with E-state index >= 15 is 0 Å². The third kappa shape index (κ3) is 4.25. The van der Waals surface area contributed by atoms with Crippen molar-refractivity contribution in [3.8, 4) is 11.5 Å². The van der Waals surface area contributed by atoms with Crippen molar-refractivity contribution in [2.45, 2.75) is 13.0 Å². The van der Waals surface area contributed by atoms with E-state index in [0.717, 1.165) is 5.75 Å². The van der Waals surface area contributed by atoms with Crippen LogP contribution >= 0.6 is 0 Å². The average molecular weight is 403 g/mol. The van der Waals surface area contributed by atoms with Gasteiger partial charge in [-0.1, -0.05) is 18.2 Å². The SMILES string of the molecule is CC1Oc2ccc(NC(=O)c3ccncc3)cc2N(CCOc2ccccc2)C1=O. The van der Waals surface area contributed by atoms with Gasteiger partial charge in [0.2, 0.25) is 0 Å². The third-order valence-electron chi connectivity index (χ3n) is 4.69. The second kappa shape index (κ2) is 8.65. The summed E-state index contributed by atoms with van der Waals surface area (Å²) in [6.07, 6.45) is 2.53. The van der Waals surface area contributed by atoms with Crippen molar-refractivity contribution in [1.29, 1.82) is 0 Å². The number of nitrogens with one attached hydrogen (secondary N) is 1. The van der Waals surface area contributed by atoms with Crippen molar-refractivity contribution in [3.05, 3.63) is 78.6 Å². The van der Waals surface area contributed by atoms with Gasteiger partial charge in [0.25, 0.3) is 11.8 Å². The minimum atomic E-state index is -0.591. The van der Waals surface area contributed by atoms with Gasteiger partial charge in [-0.25, -0.2) is 0 Å². The number of aromatic nitrogens is 1. The normalized spacial score (nSPS) is 15.2. The fourth-order valence-electron chi connectivity index (χ4n) is 3.19. The number of carbonyl (C=O) groups excluding carboxylic acids is 2. The summed E-state index contributed by atoms with van der Waals surface area (Å²) in [5.41, 5.74) is 1.66. The van der Waals surface area contributed by atoms with Crippen LogP contribution in [0.4, 0.5) is 11.4 Å². The number of pyridine rings is 1. The maximum Gasteiger partial charge on any atom is 0.267 e. The molecule has 4 rings (SSSR count). The topological polar surface area (TPSA) is 80.8 Å². The molecule has 1 unspecified atom stereocenters. The summed E-state index contributed by atoms with van der Waals surface area (Å²) in [4.78, 5) is 30.7. The van der Waals surface area contributed by atoms with Crippen molar-refractivity contribution in [3.63, 3.8) is 0 Å². The molecule has 2 heterocycles. The van der Waals surface area contributed by atoms with Crippen LogP contribution < -0.4 is 19.7 Å². The van der Waals surface area contributed by atoms with Crippen LogP contribution in [0, 0.1) is 0 Å². The largest absolute Gasteiger partial charge is 0.492 e. The van der Waals surface area contributed by atoms with Crippen molar-refractivity contribution in [1.82, 2.24) is 4.98 Å². The molecule has 152 valence electrons. The zero-order valence-electron chi connectivity index (χ0n) is 16.4. The molecule has 1 aliphatic rings. The Morgan fingerprint density at radius 2 is 1.90 bits per heavy atom. The zero-order chi connectivity index (χ0) is 20.9. The lowest BCUT2D eigenvalue weighted by atomic mass is 10.1. The Morgan fingerprint density at radius 1 is 1.13 bits per heavy atom. The van der Waals surface area contributed by atoms with Gasteiger partial charge in [-0.05, 0) is 49.4 Å². The van der Waals surface area contributed by atoms with E-state index in [9.17, 15) is 9.59 Å². The molecule has 1 aliphatic heterocycles. The molecule has 1 atom stereocenters. The number of amides is 2. The summed E-state index contributed by atoms with van der Waals surface area (Å²) in [5, 5.41) is 2.85. The van der Waals surface area contributed by atoms with E-state index in [-0.39, 0.29) is 11.8 Å². The first-order valence-corrected chi connectivity index (χ1v) is 9.63. The summed E-state index contributed by atoms with van der Waals surface area (Å²) in [6, 6.07) is 17.9. The van der Waals surface area contributed by atoms with Crippen molar-refractivity contribution in [2.75, 3.05) is 23.4 Å². The minimum absolute atomic E-state index is 0.156. The van der Waals surface area contributed by atoms with Crippen LogP contribution in [-0.2, 0) is 4.79 Å². The summed E-state index contributed by atoms with van der Waals surface area (Å²) in [6.45, 7) is 2.40. The van der Waals surface area contributed by atoms with Crippen LogP contribution in [0.1, 0.15) is 17.3 Å². The third-order valence-corrected chi connectivity index (χ3v) is 4.69. The molecule has 3 aromatic rings. The molecule has 2 amide bonds. The van der Waals surface area contributed by atoms with Crippen molar-refractivity contribution >= 4 is 23.2 Å². The Hall–Kier alpha value is -3.87. The van der Waals surface area contributed by atoms with Gasteiger partial charge in [0.1, 0.15) is 18.1 Å². The second-order valence-electron chi connectivity index (χ2n) is 6.78. The summed E-state index contributed by atoms with van der Waals surface area (Å²) in [5.74, 6) is 0.915. The Labute approximate surface area is 174 Å². The van der Waals surface area contributed by atoms with Gasteiger partial charge in [0.15, 0.2) is 6.10 Å². The van der Waals surface area contributed by atoms with E-state index in [2.05, 4.69) is 10.3 Å². The number of hydrogen-bond donors (Lipinski definition) is 1. The molecule has 1 aromatic heterocycles. The van der Waals surface area contributed by atoms with Gasteiger partial charge in [-0.3, -0.25) is 14.6 Å². The highest BCUT2D eigenvalue weighted by Gasteiger charge is 2.31. The van der Waals surface area contributed by atoms with Gasteiger partial charge in [-0.2, -0.15) is 0 Å². The first-order chi connectivity index (χ1) is 14.6.